The number of carboxylic acid groups (broad SMARTS) is 1. The third-order valence-corrected chi connectivity index (χ3v) is 2.99. The molecule has 0 radical (unpaired) electrons. The van der Waals surface area contributed by atoms with Crippen molar-refractivity contribution in [1.82, 2.24) is 0 Å². The topological polar surface area (TPSA) is 71.7 Å². The van der Waals surface area contributed by atoms with Crippen LogP contribution in [0.1, 0.15) is 34.8 Å². The summed E-state index contributed by atoms with van der Waals surface area (Å²) in [7, 11) is 1.61. The molecule has 0 saturated carbocycles. The molecule has 106 valence electrons. The lowest BCUT2D eigenvalue weighted by Crippen LogP contribution is -2.07. The van der Waals surface area contributed by atoms with Crippen LogP contribution >= 0.6 is 0 Å². The summed E-state index contributed by atoms with van der Waals surface area (Å²) < 4.78 is 10.6. The first-order valence-corrected chi connectivity index (χ1v) is 6.25. The summed E-state index contributed by atoms with van der Waals surface area (Å²) in [5, 5.41) is 12.1. The third kappa shape index (κ3) is 2.93. The number of rotatable bonds is 5. The number of methoxy groups -OCH3 is 1. The fourth-order valence-corrected chi connectivity index (χ4v) is 1.94. The Hall–Kier alpha value is -2.43. The van der Waals surface area contributed by atoms with Crippen LogP contribution in [0.15, 0.2) is 34.7 Å². The molecule has 0 fully saturated rings. The second-order valence-electron chi connectivity index (χ2n) is 4.58. The van der Waals surface area contributed by atoms with Gasteiger partial charge in [0.15, 0.2) is 0 Å². The second-order valence-corrected chi connectivity index (χ2v) is 4.58. The van der Waals surface area contributed by atoms with Gasteiger partial charge in [0.2, 0.25) is 5.76 Å². The van der Waals surface area contributed by atoms with Crippen LogP contribution in [0.4, 0.5) is 5.69 Å². The van der Waals surface area contributed by atoms with Gasteiger partial charge in [-0.25, -0.2) is 4.79 Å². The average Bonchev–Trinajstić information content (AvgIpc) is 2.89. The third-order valence-electron chi connectivity index (χ3n) is 2.99. The number of hydrogen-bond donors (Lipinski definition) is 2. The van der Waals surface area contributed by atoms with E-state index in [2.05, 4.69) is 5.32 Å². The zero-order chi connectivity index (χ0) is 14.7. The number of carboxylic acids is 1. The molecule has 1 atom stereocenters. The summed E-state index contributed by atoms with van der Waals surface area (Å²) in [6.07, 6.45) is 0. The number of ether oxygens (including phenoxy) is 1. The van der Waals surface area contributed by atoms with Gasteiger partial charge in [0.25, 0.3) is 0 Å². The largest absolute Gasteiger partial charge is 0.495 e. The molecule has 1 aromatic heterocycles. The number of furan rings is 1. The summed E-state index contributed by atoms with van der Waals surface area (Å²) in [5.41, 5.74) is 1.94. The maximum absolute atomic E-state index is 10.8. The van der Waals surface area contributed by atoms with Crippen molar-refractivity contribution < 1.29 is 19.1 Å². The van der Waals surface area contributed by atoms with Crippen LogP contribution in [0.25, 0.3) is 0 Å². The predicted molar refractivity (Wildman–Crippen MR) is 75.4 cm³/mol. The molecule has 1 heterocycles. The highest BCUT2D eigenvalue weighted by Gasteiger charge is 2.15. The molecule has 0 bridgehead atoms. The van der Waals surface area contributed by atoms with Crippen LogP contribution in [0.5, 0.6) is 5.75 Å². The van der Waals surface area contributed by atoms with E-state index in [0.29, 0.717) is 5.76 Å². The number of carbonyl (C=O) groups is 1. The fraction of sp³-hybridized carbons (Fsp3) is 0.267. The van der Waals surface area contributed by atoms with Gasteiger partial charge < -0.3 is 19.6 Å². The van der Waals surface area contributed by atoms with Gasteiger partial charge in [0, 0.05) is 0 Å². The monoisotopic (exact) mass is 275 g/mol. The van der Waals surface area contributed by atoms with Gasteiger partial charge in [-0.05, 0) is 43.7 Å². The molecule has 1 unspecified atom stereocenters. The SMILES string of the molecule is COc1ccc(C)cc1NC(C)c1ccc(C(=O)O)o1. The Morgan fingerprint density at radius 3 is 2.70 bits per heavy atom. The lowest BCUT2D eigenvalue weighted by atomic mass is 10.1. The minimum atomic E-state index is -1.07. The number of hydrogen-bond acceptors (Lipinski definition) is 4. The molecule has 0 aliphatic rings. The normalized spacial score (nSPS) is 11.9. The maximum atomic E-state index is 10.8. The minimum absolute atomic E-state index is 0.0649. The molecule has 2 N–H and O–H groups in total. The molecule has 0 saturated heterocycles. The van der Waals surface area contributed by atoms with E-state index in [4.69, 9.17) is 14.3 Å². The molecular formula is C15H17NO4. The van der Waals surface area contributed by atoms with Crippen LogP contribution in [-0.2, 0) is 0 Å². The Balaban J connectivity index is 2.20. The molecule has 0 aliphatic heterocycles. The predicted octanol–water partition coefficient (Wildman–Crippen LogP) is 3.47. The zero-order valence-electron chi connectivity index (χ0n) is 11.6. The highest BCUT2D eigenvalue weighted by atomic mass is 16.5. The minimum Gasteiger partial charge on any atom is -0.495 e. The first kappa shape index (κ1) is 14.0. The van der Waals surface area contributed by atoms with Crippen molar-refractivity contribution in [3.8, 4) is 5.75 Å². The zero-order valence-corrected chi connectivity index (χ0v) is 11.6. The second kappa shape index (κ2) is 5.69. The average molecular weight is 275 g/mol. The van der Waals surface area contributed by atoms with Crippen LogP contribution < -0.4 is 10.1 Å². The molecule has 0 amide bonds. The van der Waals surface area contributed by atoms with Crippen molar-refractivity contribution in [3.05, 3.63) is 47.4 Å². The van der Waals surface area contributed by atoms with Gasteiger partial charge in [-0.1, -0.05) is 6.07 Å². The standard InChI is InChI=1S/C15H17NO4/c1-9-4-5-13(19-3)11(8-9)16-10(2)12-6-7-14(20-12)15(17)18/h4-8,10,16H,1-3H3,(H,17,18). The Bertz CT molecular complexity index is 618. The van der Waals surface area contributed by atoms with E-state index in [9.17, 15) is 4.79 Å². The molecule has 20 heavy (non-hydrogen) atoms. The number of benzene rings is 1. The van der Waals surface area contributed by atoms with E-state index >= 15 is 0 Å². The van der Waals surface area contributed by atoms with Gasteiger partial charge in [-0.15, -0.1) is 0 Å². The highest BCUT2D eigenvalue weighted by molar-refractivity contribution is 5.84. The van der Waals surface area contributed by atoms with E-state index in [1.165, 1.54) is 6.07 Å². The Labute approximate surface area is 117 Å². The highest BCUT2D eigenvalue weighted by Crippen LogP contribution is 2.29. The molecule has 2 rings (SSSR count). The molecule has 5 heteroatoms. The lowest BCUT2D eigenvalue weighted by Gasteiger charge is -2.16. The van der Waals surface area contributed by atoms with Gasteiger partial charge >= 0.3 is 5.97 Å². The van der Waals surface area contributed by atoms with Crippen LogP contribution in [0.3, 0.4) is 0 Å². The van der Waals surface area contributed by atoms with Gasteiger partial charge in [-0.3, -0.25) is 0 Å². The van der Waals surface area contributed by atoms with E-state index < -0.39 is 5.97 Å². The number of anilines is 1. The fourth-order valence-electron chi connectivity index (χ4n) is 1.94. The van der Waals surface area contributed by atoms with Gasteiger partial charge in [0.05, 0.1) is 18.8 Å². The quantitative estimate of drug-likeness (QED) is 0.874. The Morgan fingerprint density at radius 1 is 1.35 bits per heavy atom. The smallest absolute Gasteiger partial charge is 0.371 e. The Kier molecular flexibility index (Phi) is 3.98. The van der Waals surface area contributed by atoms with Gasteiger partial charge in [0.1, 0.15) is 11.5 Å². The van der Waals surface area contributed by atoms with Crippen molar-refractivity contribution >= 4 is 11.7 Å². The number of aromatic carboxylic acids is 1. The van der Waals surface area contributed by atoms with Crippen molar-refractivity contribution in [2.24, 2.45) is 0 Å². The van der Waals surface area contributed by atoms with E-state index in [1.807, 2.05) is 32.0 Å². The van der Waals surface area contributed by atoms with E-state index in [1.54, 1.807) is 13.2 Å². The van der Waals surface area contributed by atoms with E-state index in [-0.39, 0.29) is 11.8 Å². The summed E-state index contributed by atoms with van der Waals surface area (Å²) in [5.74, 6) is 0.153. The summed E-state index contributed by atoms with van der Waals surface area (Å²) in [4.78, 5) is 10.8. The van der Waals surface area contributed by atoms with Crippen molar-refractivity contribution in [1.29, 1.82) is 0 Å². The van der Waals surface area contributed by atoms with E-state index in [0.717, 1.165) is 17.0 Å². The molecule has 5 nitrogen and oxygen atoms in total. The van der Waals surface area contributed by atoms with Crippen LogP contribution in [0.2, 0.25) is 0 Å². The molecule has 1 aromatic carbocycles. The molecule has 2 aromatic rings. The van der Waals surface area contributed by atoms with Gasteiger partial charge in [-0.2, -0.15) is 0 Å². The first-order valence-electron chi connectivity index (χ1n) is 6.25. The molecule has 0 aliphatic carbocycles. The van der Waals surface area contributed by atoms with Crippen LogP contribution in [-0.4, -0.2) is 18.2 Å². The summed E-state index contributed by atoms with van der Waals surface area (Å²) in [6.45, 7) is 3.89. The van der Waals surface area contributed by atoms with Crippen molar-refractivity contribution in [2.75, 3.05) is 12.4 Å². The number of aryl methyl sites for hydroxylation is 1. The lowest BCUT2D eigenvalue weighted by molar-refractivity contribution is 0.0660. The molecule has 0 spiro atoms. The first-order chi connectivity index (χ1) is 9.51. The van der Waals surface area contributed by atoms with Crippen LogP contribution in [0, 0.1) is 6.92 Å². The Morgan fingerprint density at radius 2 is 2.10 bits per heavy atom. The van der Waals surface area contributed by atoms with Crippen molar-refractivity contribution in [2.45, 2.75) is 19.9 Å². The van der Waals surface area contributed by atoms with Crippen molar-refractivity contribution in [3.63, 3.8) is 0 Å². The number of nitrogens with one attached hydrogen (secondary N) is 1. The maximum Gasteiger partial charge on any atom is 0.371 e. The summed E-state index contributed by atoms with van der Waals surface area (Å²) in [6, 6.07) is 8.75. The molecular weight excluding hydrogens is 258 g/mol. The summed E-state index contributed by atoms with van der Waals surface area (Å²) >= 11 is 0.